The van der Waals surface area contributed by atoms with Crippen LogP contribution in [0.1, 0.15) is 0 Å². The van der Waals surface area contributed by atoms with Crippen LogP contribution in [-0.4, -0.2) is 23.7 Å². The van der Waals surface area contributed by atoms with Crippen LogP contribution in [0.3, 0.4) is 0 Å². The van der Waals surface area contributed by atoms with E-state index in [0.717, 1.165) is 0 Å². The van der Waals surface area contributed by atoms with Crippen molar-refractivity contribution in [2.24, 2.45) is 11.6 Å². The Morgan fingerprint density at radius 2 is 2.00 bits per heavy atom. The number of rotatable bonds is 2. The first-order valence-corrected chi connectivity index (χ1v) is 2.09. The first kappa shape index (κ1) is 16.7. The van der Waals surface area contributed by atoms with E-state index in [1.54, 1.807) is 5.43 Å². The second-order valence-corrected chi connectivity index (χ2v) is 1.30. The summed E-state index contributed by atoms with van der Waals surface area (Å²) < 4.78 is 0. The number of hydrazine groups is 1. The molecule has 7 heteroatoms. The Bertz CT molecular complexity index is 91.8. The second kappa shape index (κ2) is 9.31. The van der Waals surface area contributed by atoms with Gasteiger partial charge in [0.15, 0.2) is 0 Å². The highest BCUT2D eigenvalue weighted by molar-refractivity contribution is 8.93. The smallest absolute Gasteiger partial charge is 0.253 e. The van der Waals surface area contributed by atoms with Crippen LogP contribution in [0.25, 0.3) is 0 Å². The van der Waals surface area contributed by atoms with Crippen LogP contribution in [0.5, 0.6) is 0 Å². The van der Waals surface area contributed by atoms with E-state index in [2.05, 4.69) is 5.84 Å². The third kappa shape index (κ3) is 6.43. The predicted molar refractivity (Wildman–Crippen MR) is 48.0 cm³/mol. The van der Waals surface area contributed by atoms with E-state index in [1.165, 1.54) is 0 Å². The van der Waals surface area contributed by atoms with Crippen LogP contribution in [0, 0.1) is 0 Å². The van der Waals surface area contributed by atoms with Crippen LogP contribution < -0.4 is 17.0 Å². The van der Waals surface area contributed by atoms with Crippen molar-refractivity contribution in [3.63, 3.8) is 0 Å². The number of carbonyl (C=O) groups is 1. The highest BCUT2D eigenvalue weighted by Crippen LogP contribution is 1.70. The Morgan fingerprint density at radius 1 is 1.60 bits per heavy atom. The molecule has 0 aromatic carbocycles. The lowest BCUT2D eigenvalue weighted by molar-refractivity contribution is -0.123. The van der Waals surface area contributed by atoms with Crippen LogP contribution in [-0.2, 0) is 4.79 Å². The van der Waals surface area contributed by atoms with Gasteiger partial charge in [-0.05, 0) is 0 Å². The zero-order chi connectivity index (χ0) is 6.57. The predicted octanol–water partition coefficient (Wildman–Crippen LogP) is -1.55. The maximum absolute atomic E-state index is 10.2. The van der Waals surface area contributed by atoms with Gasteiger partial charge in [-0.2, -0.15) is 0 Å². The molecule has 0 saturated heterocycles. The number of aliphatic hydroxyl groups is 1. The lowest BCUT2D eigenvalue weighted by atomic mass is 10.3. The SMILES string of the molecule is Br.Br.NNC(=O)[C@@H](N)CO. The minimum absolute atomic E-state index is 0. The minimum atomic E-state index is -0.903. The molecule has 0 aliphatic rings. The highest BCUT2D eigenvalue weighted by atomic mass is 79.9. The fourth-order valence-electron chi connectivity index (χ4n) is 0.190. The van der Waals surface area contributed by atoms with Gasteiger partial charge in [-0.1, -0.05) is 0 Å². The summed E-state index contributed by atoms with van der Waals surface area (Å²) >= 11 is 0. The fourth-order valence-corrected chi connectivity index (χ4v) is 0.190. The van der Waals surface area contributed by atoms with Gasteiger partial charge in [0.25, 0.3) is 5.91 Å². The van der Waals surface area contributed by atoms with E-state index in [1.807, 2.05) is 0 Å². The fraction of sp³-hybridized carbons (Fsp3) is 0.667. The van der Waals surface area contributed by atoms with Crippen molar-refractivity contribution in [1.29, 1.82) is 0 Å². The molecule has 64 valence electrons. The van der Waals surface area contributed by atoms with Gasteiger partial charge in [0.1, 0.15) is 6.04 Å². The Kier molecular flexibility index (Phi) is 15.6. The number of nitrogens with two attached hydrogens (primary N) is 2. The number of amides is 1. The quantitative estimate of drug-likeness (QED) is 0.280. The molecule has 0 heterocycles. The van der Waals surface area contributed by atoms with E-state index in [-0.39, 0.29) is 40.6 Å². The van der Waals surface area contributed by atoms with E-state index in [9.17, 15) is 4.79 Å². The molecule has 0 rings (SSSR count). The lowest BCUT2D eigenvalue weighted by Gasteiger charge is -2.03. The van der Waals surface area contributed by atoms with E-state index >= 15 is 0 Å². The standard InChI is InChI=1S/C3H9N3O2.2BrH/c4-2(1-7)3(8)6-5;;/h2,7H,1,4-5H2,(H,6,8);2*1H/t2-;;/m0../s1. The third-order valence-electron chi connectivity index (χ3n) is 0.676. The number of hydrogen-bond acceptors (Lipinski definition) is 4. The molecule has 0 radical (unpaired) electrons. The first-order valence-electron chi connectivity index (χ1n) is 2.09. The zero-order valence-electron chi connectivity index (χ0n) is 5.11. The molecule has 0 fully saturated rings. The summed E-state index contributed by atoms with van der Waals surface area (Å²) in [7, 11) is 0. The largest absolute Gasteiger partial charge is 0.394 e. The van der Waals surface area contributed by atoms with Crippen molar-refractivity contribution in [3.8, 4) is 0 Å². The molecule has 0 spiro atoms. The minimum Gasteiger partial charge on any atom is -0.394 e. The molecular weight excluding hydrogens is 270 g/mol. The monoisotopic (exact) mass is 279 g/mol. The van der Waals surface area contributed by atoms with Gasteiger partial charge < -0.3 is 10.8 Å². The van der Waals surface area contributed by atoms with Crippen LogP contribution >= 0.6 is 34.0 Å². The molecule has 6 N–H and O–H groups in total. The van der Waals surface area contributed by atoms with Gasteiger partial charge in [-0.15, -0.1) is 34.0 Å². The average molecular weight is 281 g/mol. The van der Waals surface area contributed by atoms with Crippen molar-refractivity contribution < 1.29 is 9.90 Å². The van der Waals surface area contributed by atoms with Crippen molar-refractivity contribution in [3.05, 3.63) is 0 Å². The number of carbonyl (C=O) groups excluding carboxylic acids is 1. The summed E-state index contributed by atoms with van der Waals surface area (Å²) in [6, 6.07) is -0.903. The summed E-state index contributed by atoms with van der Waals surface area (Å²) in [5, 5.41) is 8.19. The van der Waals surface area contributed by atoms with Crippen molar-refractivity contribution >= 4 is 39.9 Å². The van der Waals surface area contributed by atoms with Gasteiger partial charge in [0, 0.05) is 0 Å². The summed E-state index contributed by atoms with van der Waals surface area (Å²) in [5.74, 6) is 4.10. The molecule has 0 aromatic heterocycles. The molecule has 0 aliphatic heterocycles. The number of halogens is 2. The van der Waals surface area contributed by atoms with Crippen molar-refractivity contribution in [2.45, 2.75) is 6.04 Å². The molecule has 0 saturated carbocycles. The summed E-state index contributed by atoms with van der Waals surface area (Å²) in [6.45, 7) is -0.386. The third-order valence-corrected chi connectivity index (χ3v) is 0.676. The van der Waals surface area contributed by atoms with E-state index in [4.69, 9.17) is 10.8 Å². The number of nitrogens with one attached hydrogen (secondary N) is 1. The van der Waals surface area contributed by atoms with E-state index in [0.29, 0.717) is 0 Å². The van der Waals surface area contributed by atoms with Gasteiger partial charge in [0.2, 0.25) is 0 Å². The molecule has 10 heavy (non-hydrogen) atoms. The Hall–Kier alpha value is 0.310. The summed E-state index contributed by atoms with van der Waals surface area (Å²) in [5.41, 5.74) is 6.78. The highest BCUT2D eigenvalue weighted by Gasteiger charge is 2.07. The maximum Gasteiger partial charge on any atom is 0.253 e. The normalized spacial score (nSPS) is 10.3. The Balaban J connectivity index is -0.000000245. The van der Waals surface area contributed by atoms with Crippen molar-refractivity contribution in [2.75, 3.05) is 6.61 Å². The zero-order valence-corrected chi connectivity index (χ0v) is 8.54. The molecule has 1 atom stereocenters. The van der Waals surface area contributed by atoms with E-state index < -0.39 is 11.9 Å². The van der Waals surface area contributed by atoms with Gasteiger partial charge >= 0.3 is 0 Å². The molecule has 1 amide bonds. The number of aliphatic hydroxyl groups excluding tert-OH is 1. The van der Waals surface area contributed by atoms with Crippen molar-refractivity contribution in [1.82, 2.24) is 5.43 Å². The molecular formula is C3H11Br2N3O2. The Morgan fingerprint density at radius 3 is 2.10 bits per heavy atom. The lowest BCUT2D eigenvalue weighted by Crippen LogP contribution is -2.45. The van der Waals surface area contributed by atoms with Gasteiger partial charge in [0.05, 0.1) is 6.61 Å². The number of hydrogen-bond donors (Lipinski definition) is 4. The van der Waals surface area contributed by atoms with Crippen LogP contribution in [0.2, 0.25) is 0 Å². The maximum atomic E-state index is 10.2. The molecule has 0 bridgehead atoms. The van der Waals surface area contributed by atoms with Crippen LogP contribution in [0.4, 0.5) is 0 Å². The molecule has 0 aromatic rings. The topological polar surface area (TPSA) is 101 Å². The van der Waals surface area contributed by atoms with Gasteiger partial charge in [-0.25, -0.2) is 5.84 Å². The molecule has 0 aliphatic carbocycles. The molecule has 0 unspecified atom stereocenters. The van der Waals surface area contributed by atoms with Gasteiger partial charge in [-0.3, -0.25) is 10.2 Å². The average Bonchev–Trinajstić information content (AvgIpc) is 1.84. The second-order valence-electron chi connectivity index (χ2n) is 1.30. The van der Waals surface area contributed by atoms with Crippen LogP contribution in [0.15, 0.2) is 0 Å². The first-order chi connectivity index (χ1) is 3.72. The summed E-state index contributed by atoms with van der Waals surface area (Å²) in [4.78, 5) is 10.2. The Labute approximate surface area is 79.7 Å². The summed E-state index contributed by atoms with van der Waals surface area (Å²) in [6.07, 6.45) is 0. The molecule has 5 nitrogen and oxygen atoms in total.